The van der Waals surface area contributed by atoms with E-state index in [4.69, 9.17) is 5.26 Å². The predicted octanol–water partition coefficient (Wildman–Crippen LogP) is 3.11. The van der Waals surface area contributed by atoms with Crippen LogP contribution >= 0.6 is 15.9 Å². The lowest BCUT2D eigenvalue weighted by Crippen LogP contribution is -2.55. The third kappa shape index (κ3) is 1.94. The number of hydrogen-bond donors (Lipinski definition) is 0. The molecule has 14 heavy (non-hydrogen) atoms. The van der Waals surface area contributed by atoms with E-state index in [9.17, 15) is 30.7 Å². The molecule has 1 nitrogen and oxygen atoms in total. The number of rotatable bonds is 3. The molecule has 0 aromatic heterocycles. The van der Waals surface area contributed by atoms with Crippen LogP contribution in [0.3, 0.4) is 0 Å². The standard InChI is InChI=1S/C5HBrF7N/c6-5(12,13)4(10,11)3(8,9)2(7)1-14/h2H. The number of nitrogens with zero attached hydrogens (tertiary/aromatic N) is 1. The summed E-state index contributed by atoms with van der Waals surface area (Å²) in [7, 11) is 0. The first-order valence-corrected chi connectivity index (χ1v) is 3.64. The van der Waals surface area contributed by atoms with Crippen molar-refractivity contribution in [2.45, 2.75) is 22.8 Å². The van der Waals surface area contributed by atoms with Gasteiger partial charge in [0, 0.05) is 0 Å². The van der Waals surface area contributed by atoms with Gasteiger partial charge in [-0.1, -0.05) is 0 Å². The van der Waals surface area contributed by atoms with Crippen molar-refractivity contribution in [3.63, 3.8) is 0 Å². The van der Waals surface area contributed by atoms with Gasteiger partial charge in [0.1, 0.15) is 6.07 Å². The molecule has 0 N–H and O–H groups in total. The Bertz CT molecular complexity index is 252. The molecule has 0 heterocycles. The molecular weight excluding hydrogens is 287 g/mol. The summed E-state index contributed by atoms with van der Waals surface area (Å²) in [5.41, 5.74) is 0. The minimum atomic E-state index is -5.99. The van der Waals surface area contributed by atoms with Crippen LogP contribution in [-0.4, -0.2) is 22.8 Å². The van der Waals surface area contributed by atoms with Crippen LogP contribution in [0.1, 0.15) is 0 Å². The fourth-order valence-corrected chi connectivity index (χ4v) is 0.694. The first-order chi connectivity index (χ1) is 5.98. The second kappa shape index (κ2) is 3.56. The fraction of sp³-hybridized carbons (Fsp3) is 0.800. The largest absolute Gasteiger partial charge is 0.386 e. The van der Waals surface area contributed by atoms with Crippen LogP contribution in [-0.2, 0) is 0 Å². The molecule has 0 fully saturated rings. The number of hydrogen-bond acceptors (Lipinski definition) is 1. The molecule has 0 saturated heterocycles. The smallest absolute Gasteiger partial charge is 0.224 e. The van der Waals surface area contributed by atoms with Gasteiger partial charge in [-0.2, -0.15) is 31.6 Å². The minimum Gasteiger partial charge on any atom is -0.224 e. The molecule has 0 amide bonds. The Hall–Kier alpha value is -0.520. The third-order valence-electron chi connectivity index (χ3n) is 1.21. The molecular formula is C5HBrF7N. The van der Waals surface area contributed by atoms with Crippen molar-refractivity contribution in [3.8, 4) is 6.07 Å². The Kier molecular flexibility index (Phi) is 3.43. The van der Waals surface area contributed by atoms with Crippen LogP contribution in [0.4, 0.5) is 30.7 Å². The Labute approximate surface area is 81.6 Å². The maximum absolute atomic E-state index is 12.2. The van der Waals surface area contributed by atoms with E-state index >= 15 is 0 Å². The maximum Gasteiger partial charge on any atom is 0.386 e. The van der Waals surface area contributed by atoms with Crippen LogP contribution < -0.4 is 0 Å². The van der Waals surface area contributed by atoms with E-state index in [2.05, 4.69) is 0 Å². The van der Waals surface area contributed by atoms with Crippen molar-refractivity contribution >= 4 is 15.9 Å². The van der Waals surface area contributed by atoms with Crippen molar-refractivity contribution in [1.29, 1.82) is 5.26 Å². The van der Waals surface area contributed by atoms with E-state index in [0.29, 0.717) is 0 Å². The normalized spacial score (nSPS) is 16.2. The van der Waals surface area contributed by atoms with Gasteiger partial charge in [0.2, 0.25) is 0 Å². The van der Waals surface area contributed by atoms with E-state index < -0.39 is 22.8 Å². The van der Waals surface area contributed by atoms with Crippen LogP contribution in [0.5, 0.6) is 0 Å². The van der Waals surface area contributed by atoms with E-state index in [0.717, 1.165) is 15.9 Å². The quantitative estimate of drug-likeness (QED) is 0.578. The highest BCUT2D eigenvalue weighted by Gasteiger charge is 2.74. The molecule has 0 spiro atoms. The van der Waals surface area contributed by atoms with Crippen molar-refractivity contribution in [1.82, 2.24) is 0 Å². The van der Waals surface area contributed by atoms with Crippen molar-refractivity contribution in [2.24, 2.45) is 0 Å². The van der Waals surface area contributed by atoms with Gasteiger partial charge in [0.05, 0.1) is 0 Å². The summed E-state index contributed by atoms with van der Waals surface area (Å²) in [6.07, 6.45) is -4.01. The summed E-state index contributed by atoms with van der Waals surface area (Å²) in [5.74, 6) is -11.8. The summed E-state index contributed by atoms with van der Waals surface area (Å²) < 4.78 is 84.7. The molecule has 1 unspecified atom stereocenters. The molecule has 0 aliphatic carbocycles. The lowest BCUT2D eigenvalue weighted by atomic mass is 10.1. The highest BCUT2D eigenvalue weighted by atomic mass is 79.9. The number of alkyl halides is 8. The average Bonchev–Trinajstić information content (AvgIpc) is 2.00. The molecule has 0 aliphatic rings. The maximum atomic E-state index is 12.2. The van der Waals surface area contributed by atoms with Gasteiger partial charge >= 0.3 is 16.7 Å². The zero-order chi connectivity index (χ0) is 11.8. The highest BCUT2D eigenvalue weighted by molar-refractivity contribution is 9.10. The topological polar surface area (TPSA) is 23.8 Å². The summed E-state index contributed by atoms with van der Waals surface area (Å²) in [6, 6.07) is 0.133. The molecule has 9 heteroatoms. The Morgan fingerprint density at radius 2 is 1.43 bits per heavy atom. The Morgan fingerprint density at radius 1 is 1.07 bits per heavy atom. The first kappa shape index (κ1) is 13.5. The molecule has 82 valence electrons. The average molecular weight is 288 g/mol. The van der Waals surface area contributed by atoms with E-state index in [1.54, 1.807) is 0 Å². The lowest BCUT2D eigenvalue weighted by molar-refractivity contribution is -0.287. The van der Waals surface area contributed by atoms with Gasteiger partial charge in [-0.05, 0) is 15.9 Å². The van der Waals surface area contributed by atoms with E-state index in [1.165, 1.54) is 0 Å². The van der Waals surface area contributed by atoms with Gasteiger partial charge in [-0.3, -0.25) is 0 Å². The van der Waals surface area contributed by atoms with E-state index in [1.807, 2.05) is 0 Å². The summed E-state index contributed by atoms with van der Waals surface area (Å²) >= 11 is 0.994. The molecule has 0 radical (unpaired) electrons. The van der Waals surface area contributed by atoms with E-state index in [-0.39, 0.29) is 6.07 Å². The van der Waals surface area contributed by atoms with Crippen molar-refractivity contribution in [3.05, 3.63) is 0 Å². The predicted molar refractivity (Wildman–Crippen MR) is 34.3 cm³/mol. The second-order valence-corrected chi connectivity index (χ2v) is 3.18. The fourth-order valence-electron chi connectivity index (χ4n) is 0.429. The summed E-state index contributed by atoms with van der Waals surface area (Å²) in [5, 5.41) is 7.60. The molecule has 0 aliphatic heterocycles. The van der Waals surface area contributed by atoms with Gasteiger partial charge in [-0.15, -0.1) is 0 Å². The molecule has 0 rings (SSSR count). The zero-order valence-corrected chi connectivity index (χ0v) is 7.63. The second-order valence-electron chi connectivity index (χ2n) is 2.19. The molecule has 0 aromatic carbocycles. The molecule has 1 atom stereocenters. The van der Waals surface area contributed by atoms with Gasteiger partial charge in [-0.25, -0.2) is 4.39 Å². The minimum absolute atomic E-state index is 0.133. The molecule has 0 aromatic rings. The Balaban J connectivity index is 5.20. The zero-order valence-electron chi connectivity index (χ0n) is 6.05. The monoisotopic (exact) mass is 287 g/mol. The molecule has 0 bridgehead atoms. The first-order valence-electron chi connectivity index (χ1n) is 2.84. The van der Waals surface area contributed by atoms with Crippen molar-refractivity contribution in [2.75, 3.05) is 0 Å². The van der Waals surface area contributed by atoms with Gasteiger partial charge in [0.15, 0.2) is 0 Å². The van der Waals surface area contributed by atoms with Gasteiger partial charge in [0.25, 0.3) is 6.17 Å². The van der Waals surface area contributed by atoms with Crippen LogP contribution in [0.2, 0.25) is 0 Å². The molecule has 0 saturated carbocycles. The van der Waals surface area contributed by atoms with Crippen LogP contribution in [0, 0.1) is 11.3 Å². The lowest BCUT2D eigenvalue weighted by Gasteiger charge is -2.29. The Morgan fingerprint density at radius 3 is 1.64 bits per heavy atom. The van der Waals surface area contributed by atoms with Crippen molar-refractivity contribution < 1.29 is 30.7 Å². The summed E-state index contributed by atoms with van der Waals surface area (Å²) in [4.78, 5) is -5.30. The third-order valence-corrected chi connectivity index (χ3v) is 1.70. The number of halogens is 8. The van der Waals surface area contributed by atoms with Gasteiger partial charge < -0.3 is 0 Å². The highest BCUT2D eigenvalue weighted by Crippen LogP contribution is 2.50. The number of nitriles is 1. The van der Waals surface area contributed by atoms with Crippen LogP contribution in [0.25, 0.3) is 0 Å². The summed E-state index contributed by atoms with van der Waals surface area (Å²) in [6.45, 7) is 0. The SMILES string of the molecule is N#CC(F)C(F)(F)C(F)(F)C(F)(F)Br. The van der Waals surface area contributed by atoms with Crippen LogP contribution in [0.15, 0.2) is 0 Å².